The monoisotopic (exact) mass is 225 g/mol. The van der Waals surface area contributed by atoms with Gasteiger partial charge in [0.1, 0.15) is 0 Å². The number of aromatic amines is 1. The molecule has 0 aliphatic carbocycles. The minimum absolute atomic E-state index is 0.0123. The lowest BCUT2D eigenvalue weighted by Crippen LogP contribution is -2.35. The molecular formula is C11H19N3O2. The quantitative estimate of drug-likeness (QED) is 0.713. The molecular weight excluding hydrogens is 206 g/mol. The summed E-state index contributed by atoms with van der Waals surface area (Å²) in [7, 11) is 0. The normalized spacial score (nSPS) is 10.4. The smallest absolute Gasteiger partial charge is 0.228 e. The summed E-state index contributed by atoms with van der Waals surface area (Å²) in [6.07, 6.45) is 3.96. The first-order chi connectivity index (χ1) is 7.77. The van der Waals surface area contributed by atoms with Gasteiger partial charge in [-0.25, -0.2) is 0 Å². The van der Waals surface area contributed by atoms with Gasteiger partial charge in [0.25, 0.3) is 0 Å². The van der Waals surface area contributed by atoms with Gasteiger partial charge in [0.05, 0.1) is 13.0 Å². The maximum Gasteiger partial charge on any atom is 0.228 e. The van der Waals surface area contributed by atoms with E-state index in [0.29, 0.717) is 19.5 Å². The van der Waals surface area contributed by atoms with Gasteiger partial charge in [-0.15, -0.1) is 0 Å². The molecule has 5 heteroatoms. The third-order valence-corrected chi connectivity index (χ3v) is 2.40. The molecule has 0 radical (unpaired) electrons. The lowest BCUT2D eigenvalue weighted by Gasteiger charge is -2.21. The molecule has 1 aromatic heterocycles. The van der Waals surface area contributed by atoms with E-state index in [9.17, 15) is 4.79 Å². The Labute approximate surface area is 95.5 Å². The summed E-state index contributed by atoms with van der Waals surface area (Å²) in [6.45, 7) is 3.21. The van der Waals surface area contributed by atoms with Crippen molar-refractivity contribution >= 4 is 5.91 Å². The number of hydrogen-bond donors (Lipinski definition) is 2. The van der Waals surface area contributed by atoms with Gasteiger partial charge in [0.15, 0.2) is 0 Å². The van der Waals surface area contributed by atoms with Crippen molar-refractivity contribution < 1.29 is 9.90 Å². The van der Waals surface area contributed by atoms with Crippen LogP contribution in [-0.4, -0.2) is 45.8 Å². The second-order valence-corrected chi connectivity index (χ2v) is 3.72. The van der Waals surface area contributed by atoms with Gasteiger partial charge in [0.2, 0.25) is 5.91 Å². The standard InChI is InChI=1S/C11H19N3O2/c1-2-3-6-14(7-8-15)11(16)9-10-4-5-12-13-10/h4-5,15H,2-3,6-9H2,1H3,(H,12,13). The molecule has 0 fully saturated rings. The average molecular weight is 225 g/mol. The molecule has 1 rings (SSSR count). The predicted octanol–water partition coefficient (Wildman–Crippen LogP) is 0.573. The molecule has 90 valence electrons. The Hall–Kier alpha value is -1.36. The summed E-state index contributed by atoms with van der Waals surface area (Å²) >= 11 is 0. The first-order valence-corrected chi connectivity index (χ1v) is 5.64. The Morgan fingerprint density at radius 1 is 1.56 bits per heavy atom. The van der Waals surface area contributed by atoms with Crippen molar-refractivity contribution in [2.45, 2.75) is 26.2 Å². The molecule has 0 aliphatic rings. The fraction of sp³-hybridized carbons (Fsp3) is 0.636. The number of aliphatic hydroxyl groups is 1. The lowest BCUT2D eigenvalue weighted by atomic mass is 10.2. The van der Waals surface area contributed by atoms with Crippen LogP contribution in [0.15, 0.2) is 12.3 Å². The molecule has 16 heavy (non-hydrogen) atoms. The van der Waals surface area contributed by atoms with Crippen LogP contribution in [0.5, 0.6) is 0 Å². The highest BCUT2D eigenvalue weighted by Gasteiger charge is 2.13. The molecule has 0 bridgehead atoms. The van der Waals surface area contributed by atoms with Crippen LogP contribution < -0.4 is 0 Å². The summed E-state index contributed by atoms with van der Waals surface area (Å²) in [6, 6.07) is 1.79. The minimum Gasteiger partial charge on any atom is -0.395 e. The van der Waals surface area contributed by atoms with Crippen molar-refractivity contribution in [1.29, 1.82) is 0 Å². The van der Waals surface area contributed by atoms with E-state index in [4.69, 9.17) is 5.11 Å². The van der Waals surface area contributed by atoms with Crippen LogP contribution in [-0.2, 0) is 11.2 Å². The number of carbonyl (C=O) groups is 1. The molecule has 0 saturated heterocycles. The highest BCUT2D eigenvalue weighted by atomic mass is 16.3. The van der Waals surface area contributed by atoms with Gasteiger partial charge in [-0.05, 0) is 12.5 Å². The number of rotatable bonds is 7. The van der Waals surface area contributed by atoms with Crippen LogP contribution in [0.4, 0.5) is 0 Å². The van der Waals surface area contributed by atoms with E-state index < -0.39 is 0 Å². The van der Waals surface area contributed by atoms with Crippen molar-refractivity contribution in [2.75, 3.05) is 19.7 Å². The van der Waals surface area contributed by atoms with Gasteiger partial charge in [-0.3, -0.25) is 9.89 Å². The highest BCUT2D eigenvalue weighted by Crippen LogP contribution is 2.01. The minimum atomic E-state index is 0.0123. The van der Waals surface area contributed by atoms with Crippen molar-refractivity contribution in [3.63, 3.8) is 0 Å². The van der Waals surface area contributed by atoms with Crippen LogP contribution in [0.3, 0.4) is 0 Å². The van der Waals surface area contributed by atoms with Gasteiger partial charge >= 0.3 is 0 Å². The van der Waals surface area contributed by atoms with Crippen molar-refractivity contribution in [1.82, 2.24) is 15.1 Å². The summed E-state index contributed by atoms with van der Waals surface area (Å²) in [5.74, 6) is 0.0340. The maximum absolute atomic E-state index is 11.9. The molecule has 1 aromatic rings. The van der Waals surface area contributed by atoms with E-state index in [1.54, 1.807) is 17.2 Å². The fourth-order valence-corrected chi connectivity index (χ4v) is 1.49. The predicted molar refractivity (Wildman–Crippen MR) is 60.9 cm³/mol. The van der Waals surface area contributed by atoms with E-state index in [1.165, 1.54) is 0 Å². The SMILES string of the molecule is CCCCN(CCO)C(=O)Cc1ccn[nH]1. The Balaban J connectivity index is 2.46. The van der Waals surface area contributed by atoms with Crippen molar-refractivity contribution in [2.24, 2.45) is 0 Å². The number of nitrogens with one attached hydrogen (secondary N) is 1. The highest BCUT2D eigenvalue weighted by molar-refractivity contribution is 5.78. The second-order valence-electron chi connectivity index (χ2n) is 3.72. The van der Waals surface area contributed by atoms with Crippen LogP contribution in [0.1, 0.15) is 25.5 Å². The lowest BCUT2D eigenvalue weighted by molar-refractivity contribution is -0.131. The van der Waals surface area contributed by atoms with Gasteiger partial charge in [-0.1, -0.05) is 13.3 Å². The summed E-state index contributed by atoms with van der Waals surface area (Å²) < 4.78 is 0. The number of amides is 1. The number of nitrogens with zero attached hydrogens (tertiary/aromatic N) is 2. The first kappa shape index (κ1) is 12.7. The summed E-state index contributed by atoms with van der Waals surface area (Å²) in [4.78, 5) is 13.6. The van der Waals surface area contributed by atoms with Gasteiger partial charge < -0.3 is 10.0 Å². The molecule has 0 spiro atoms. The number of H-pyrrole nitrogens is 1. The number of unbranched alkanes of at least 4 members (excludes halogenated alkanes) is 1. The van der Waals surface area contributed by atoms with Gasteiger partial charge in [0, 0.05) is 25.0 Å². The van der Waals surface area contributed by atoms with E-state index in [2.05, 4.69) is 17.1 Å². The van der Waals surface area contributed by atoms with Crippen molar-refractivity contribution in [3.8, 4) is 0 Å². The van der Waals surface area contributed by atoms with Crippen LogP contribution in [0.2, 0.25) is 0 Å². The van der Waals surface area contributed by atoms with Crippen LogP contribution >= 0.6 is 0 Å². The largest absolute Gasteiger partial charge is 0.395 e. The zero-order valence-corrected chi connectivity index (χ0v) is 9.65. The van der Waals surface area contributed by atoms with E-state index >= 15 is 0 Å². The molecule has 0 aromatic carbocycles. The Bertz CT molecular complexity index is 298. The van der Waals surface area contributed by atoms with Crippen LogP contribution in [0, 0.1) is 0 Å². The Morgan fingerprint density at radius 3 is 2.94 bits per heavy atom. The van der Waals surface area contributed by atoms with Gasteiger partial charge in [-0.2, -0.15) is 5.10 Å². The molecule has 0 unspecified atom stereocenters. The fourth-order valence-electron chi connectivity index (χ4n) is 1.49. The third-order valence-electron chi connectivity index (χ3n) is 2.40. The summed E-state index contributed by atoms with van der Waals surface area (Å²) in [5.41, 5.74) is 0.810. The van der Waals surface area contributed by atoms with E-state index in [0.717, 1.165) is 18.5 Å². The average Bonchev–Trinajstić information content (AvgIpc) is 2.76. The summed E-state index contributed by atoms with van der Waals surface area (Å²) in [5, 5.41) is 15.5. The molecule has 0 saturated carbocycles. The molecule has 5 nitrogen and oxygen atoms in total. The Morgan fingerprint density at radius 2 is 2.38 bits per heavy atom. The first-order valence-electron chi connectivity index (χ1n) is 5.64. The number of hydrogen-bond acceptors (Lipinski definition) is 3. The number of aromatic nitrogens is 2. The third kappa shape index (κ3) is 4.02. The number of carbonyl (C=O) groups excluding carboxylic acids is 1. The topological polar surface area (TPSA) is 69.2 Å². The van der Waals surface area contributed by atoms with Crippen molar-refractivity contribution in [3.05, 3.63) is 18.0 Å². The molecule has 0 atom stereocenters. The van der Waals surface area contributed by atoms with Crippen LogP contribution in [0.25, 0.3) is 0 Å². The second kappa shape index (κ2) is 7.00. The zero-order chi connectivity index (χ0) is 11.8. The Kier molecular flexibility index (Phi) is 5.56. The van der Waals surface area contributed by atoms with E-state index in [-0.39, 0.29) is 12.5 Å². The van der Waals surface area contributed by atoms with E-state index in [1.807, 2.05) is 0 Å². The molecule has 1 heterocycles. The zero-order valence-electron chi connectivity index (χ0n) is 9.65. The molecule has 1 amide bonds. The number of aliphatic hydroxyl groups excluding tert-OH is 1. The molecule has 2 N–H and O–H groups in total. The maximum atomic E-state index is 11.9. The molecule has 0 aliphatic heterocycles.